The zero-order valence-corrected chi connectivity index (χ0v) is 17.8. The second kappa shape index (κ2) is 9.35. The summed E-state index contributed by atoms with van der Waals surface area (Å²) in [7, 11) is 1.53. The number of carbonyl (C=O) groups is 2. The number of benzene rings is 2. The summed E-state index contributed by atoms with van der Waals surface area (Å²) < 4.78 is 11.2. The van der Waals surface area contributed by atoms with Gasteiger partial charge in [-0.25, -0.2) is 0 Å². The van der Waals surface area contributed by atoms with Crippen LogP contribution in [-0.4, -0.2) is 24.1 Å². The Hall–Kier alpha value is -2.48. The number of halogens is 2. The fourth-order valence-electron chi connectivity index (χ4n) is 2.45. The van der Waals surface area contributed by atoms with Crippen molar-refractivity contribution in [2.75, 3.05) is 7.11 Å². The van der Waals surface area contributed by atoms with E-state index in [9.17, 15) is 9.59 Å². The molecule has 2 aromatic rings. The first kappa shape index (κ1) is 21.2. The minimum atomic E-state index is -0.407. The van der Waals surface area contributed by atoms with Crippen molar-refractivity contribution < 1.29 is 19.1 Å². The molecule has 0 fully saturated rings. The zero-order chi connectivity index (χ0) is 21.0. The molecular weight excluding hydrogens is 435 g/mol. The fraction of sp³-hybridized carbons (Fsp3) is 0.150. The smallest absolute Gasteiger partial charge is 0.286 e. The molecule has 0 radical (unpaired) electrons. The van der Waals surface area contributed by atoms with Crippen LogP contribution in [0.15, 0.2) is 46.3 Å². The third-order valence-electron chi connectivity index (χ3n) is 3.79. The molecule has 2 amide bonds. The van der Waals surface area contributed by atoms with Gasteiger partial charge in [0.05, 0.1) is 12.0 Å². The maximum atomic E-state index is 12.0. The summed E-state index contributed by atoms with van der Waals surface area (Å²) in [6.07, 6.45) is 1.67. The van der Waals surface area contributed by atoms with Crippen molar-refractivity contribution >= 4 is 58.0 Å². The molecule has 150 valence electrons. The van der Waals surface area contributed by atoms with Crippen LogP contribution in [0.1, 0.15) is 18.1 Å². The maximum absolute atomic E-state index is 12.0. The maximum Gasteiger partial charge on any atom is 0.286 e. The molecule has 1 aliphatic heterocycles. The van der Waals surface area contributed by atoms with Gasteiger partial charge in [-0.2, -0.15) is 4.99 Å². The van der Waals surface area contributed by atoms with E-state index in [1.807, 2.05) is 0 Å². The molecule has 6 nitrogen and oxygen atoms in total. The van der Waals surface area contributed by atoms with Gasteiger partial charge in [-0.05, 0) is 47.7 Å². The monoisotopic (exact) mass is 450 g/mol. The summed E-state index contributed by atoms with van der Waals surface area (Å²) in [6, 6.07) is 10.5. The van der Waals surface area contributed by atoms with Gasteiger partial charge in [0.2, 0.25) is 5.91 Å². The van der Waals surface area contributed by atoms with Crippen molar-refractivity contribution in [3.05, 3.63) is 62.5 Å². The minimum absolute atomic E-state index is 0.245. The quantitative estimate of drug-likeness (QED) is 0.668. The molecule has 0 saturated heterocycles. The van der Waals surface area contributed by atoms with Gasteiger partial charge in [-0.1, -0.05) is 35.3 Å². The molecule has 1 N–H and O–H groups in total. The minimum Gasteiger partial charge on any atom is -0.493 e. The lowest BCUT2D eigenvalue weighted by Gasteiger charge is -2.12. The summed E-state index contributed by atoms with van der Waals surface area (Å²) >= 11 is 13.2. The van der Waals surface area contributed by atoms with Gasteiger partial charge in [0.15, 0.2) is 16.7 Å². The molecule has 2 aromatic carbocycles. The van der Waals surface area contributed by atoms with Crippen molar-refractivity contribution in [2.24, 2.45) is 4.99 Å². The number of nitrogens with one attached hydrogen (secondary N) is 1. The SMILES string of the molecule is COc1cc(/C=C2/SC(NC(C)=O)=NC2=O)ccc1OCc1ccc(Cl)cc1Cl. The Morgan fingerprint density at radius 2 is 2.00 bits per heavy atom. The van der Waals surface area contributed by atoms with E-state index in [0.29, 0.717) is 26.4 Å². The third kappa shape index (κ3) is 5.53. The number of nitrogens with zero attached hydrogens (tertiary/aromatic N) is 1. The van der Waals surface area contributed by atoms with Gasteiger partial charge in [0.25, 0.3) is 5.91 Å². The molecule has 0 unspecified atom stereocenters. The van der Waals surface area contributed by atoms with E-state index in [1.165, 1.54) is 14.0 Å². The molecule has 0 aromatic heterocycles. The Labute approximate surface area is 181 Å². The normalized spacial score (nSPS) is 14.7. The predicted molar refractivity (Wildman–Crippen MR) is 116 cm³/mol. The van der Waals surface area contributed by atoms with E-state index < -0.39 is 5.91 Å². The van der Waals surface area contributed by atoms with Crippen molar-refractivity contribution in [2.45, 2.75) is 13.5 Å². The van der Waals surface area contributed by atoms with E-state index in [0.717, 1.165) is 22.9 Å². The third-order valence-corrected chi connectivity index (χ3v) is 5.27. The molecule has 0 spiro atoms. The standard InChI is InChI=1S/C20H16Cl2N2O4S/c1-11(25)23-20-24-19(26)18(29-20)8-12-3-6-16(17(7-12)27-2)28-10-13-4-5-14(21)9-15(13)22/h3-9H,10H2,1-2H3,(H,23,24,25,26)/b18-8+. The number of thioether (sulfide) groups is 1. The van der Waals surface area contributed by atoms with Crippen molar-refractivity contribution in [3.8, 4) is 11.5 Å². The Kier molecular flexibility index (Phi) is 6.84. The average Bonchev–Trinajstić information content (AvgIpc) is 2.99. The molecule has 9 heteroatoms. The highest BCUT2D eigenvalue weighted by Gasteiger charge is 2.22. The van der Waals surface area contributed by atoms with Gasteiger partial charge in [0, 0.05) is 22.5 Å². The van der Waals surface area contributed by atoms with Gasteiger partial charge >= 0.3 is 0 Å². The lowest BCUT2D eigenvalue weighted by molar-refractivity contribution is -0.117. The van der Waals surface area contributed by atoms with Crippen LogP contribution in [0, 0.1) is 0 Å². The van der Waals surface area contributed by atoms with Gasteiger partial charge < -0.3 is 14.8 Å². The topological polar surface area (TPSA) is 77.0 Å². The van der Waals surface area contributed by atoms with E-state index in [1.54, 1.807) is 42.5 Å². The van der Waals surface area contributed by atoms with Crippen LogP contribution < -0.4 is 14.8 Å². The Bertz CT molecular complexity index is 1040. The first-order chi connectivity index (χ1) is 13.9. The van der Waals surface area contributed by atoms with E-state index >= 15 is 0 Å². The first-order valence-electron chi connectivity index (χ1n) is 8.40. The number of rotatable bonds is 5. The second-order valence-electron chi connectivity index (χ2n) is 5.95. The van der Waals surface area contributed by atoms with Crippen LogP contribution >= 0.6 is 35.0 Å². The van der Waals surface area contributed by atoms with Crippen molar-refractivity contribution in [1.82, 2.24) is 5.32 Å². The molecule has 3 rings (SSSR count). The highest BCUT2D eigenvalue weighted by atomic mass is 35.5. The summed E-state index contributed by atoms with van der Waals surface area (Å²) in [4.78, 5) is 27.3. The fourth-order valence-corrected chi connectivity index (χ4v) is 3.77. The number of carbonyl (C=O) groups excluding carboxylic acids is 2. The number of methoxy groups -OCH3 is 1. The Balaban J connectivity index is 1.74. The number of hydrogen-bond donors (Lipinski definition) is 1. The van der Waals surface area contributed by atoms with Gasteiger partial charge in [-0.15, -0.1) is 0 Å². The van der Waals surface area contributed by atoms with Crippen molar-refractivity contribution in [3.63, 3.8) is 0 Å². The Morgan fingerprint density at radius 1 is 1.21 bits per heavy atom. The van der Waals surface area contributed by atoms with Crippen LogP contribution in [0.4, 0.5) is 0 Å². The van der Waals surface area contributed by atoms with Crippen molar-refractivity contribution in [1.29, 1.82) is 0 Å². The second-order valence-corrected chi connectivity index (χ2v) is 7.82. The van der Waals surface area contributed by atoms with Crippen LogP contribution in [0.3, 0.4) is 0 Å². The van der Waals surface area contributed by atoms with Crippen LogP contribution in [0.2, 0.25) is 10.0 Å². The highest BCUT2D eigenvalue weighted by molar-refractivity contribution is 8.18. The molecule has 1 heterocycles. The van der Waals surface area contributed by atoms with E-state index in [-0.39, 0.29) is 17.7 Å². The summed E-state index contributed by atoms with van der Waals surface area (Å²) in [5.41, 5.74) is 1.52. The lowest BCUT2D eigenvalue weighted by atomic mass is 10.2. The molecule has 0 aliphatic carbocycles. The van der Waals surface area contributed by atoms with E-state index in [4.69, 9.17) is 32.7 Å². The zero-order valence-electron chi connectivity index (χ0n) is 15.5. The lowest BCUT2D eigenvalue weighted by Crippen LogP contribution is -2.23. The molecule has 0 saturated carbocycles. The predicted octanol–water partition coefficient (Wildman–Crippen LogP) is 4.69. The first-order valence-corrected chi connectivity index (χ1v) is 9.98. The van der Waals surface area contributed by atoms with Gasteiger partial charge in [-0.3, -0.25) is 9.59 Å². The number of amides is 2. The molecule has 0 bridgehead atoms. The molecule has 0 atom stereocenters. The van der Waals surface area contributed by atoms with E-state index in [2.05, 4.69) is 10.3 Å². The number of hydrogen-bond acceptors (Lipinski definition) is 5. The number of ether oxygens (including phenoxy) is 2. The van der Waals surface area contributed by atoms with Crippen LogP contribution in [-0.2, 0) is 16.2 Å². The van der Waals surface area contributed by atoms with Gasteiger partial charge in [0.1, 0.15) is 6.61 Å². The molecular formula is C20H16Cl2N2O4S. The highest BCUT2D eigenvalue weighted by Crippen LogP contribution is 2.33. The largest absolute Gasteiger partial charge is 0.493 e. The van der Waals surface area contributed by atoms with Crippen LogP contribution in [0.25, 0.3) is 6.08 Å². The number of aliphatic imine (C=N–C) groups is 1. The summed E-state index contributed by atoms with van der Waals surface area (Å²) in [5, 5.41) is 3.85. The molecule has 29 heavy (non-hydrogen) atoms. The summed E-state index contributed by atoms with van der Waals surface area (Å²) in [5.74, 6) is 0.342. The average molecular weight is 451 g/mol. The Morgan fingerprint density at radius 3 is 2.69 bits per heavy atom. The summed E-state index contributed by atoms with van der Waals surface area (Å²) in [6.45, 7) is 1.60. The van der Waals surface area contributed by atoms with Crippen LogP contribution in [0.5, 0.6) is 11.5 Å². The molecule has 1 aliphatic rings. The number of amidine groups is 1.